The quantitative estimate of drug-likeness (QED) is 0.549. The fourth-order valence-electron chi connectivity index (χ4n) is 3.69. The molecule has 0 aromatic rings. The summed E-state index contributed by atoms with van der Waals surface area (Å²) in [6.45, 7) is 1.97. The Morgan fingerprint density at radius 3 is 1.71 bits per heavy atom. The van der Waals surface area contributed by atoms with E-state index in [1.165, 1.54) is 64.0 Å². The van der Waals surface area contributed by atoms with Gasteiger partial charge in [-0.1, -0.05) is 31.3 Å². The molecule has 0 heterocycles. The lowest BCUT2D eigenvalue weighted by molar-refractivity contribution is -0.136. The Labute approximate surface area is 104 Å². The van der Waals surface area contributed by atoms with Crippen LogP contribution >= 0.6 is 0 Å². The highest BCUT2D eigenvalue weighted by atomic mass is 16.5. The smallest absolute Gasteiger partial charge is 0.333 e. The van der Waals surface area contributed by atoms with Gasteiger partial charge in [0.2, 0.25) is 0 Å². The van der Waals surface area contributed by atoms with Crippen molar-refractivity contribution in [3.05, 3.63) is 11.1 Å². The zero-order chi connectivity index (χ0) is 12.3. The molecule has 0 saturated heterocycles. The van der Waals surface area contributed by atoms with Crippen LogP contribution in [0.25, 0.3) is 0 Å². The Morgan fingerprint density at radius 2 is 1.35 bits per heavy atom. The van der Waals surface area contributed by atoms with Gasteiger partial charge >= 0.3 is 5.97 Å². The van der Waals surface area contributed by atoms with Gasteiger partial charge in [-0.25, -0.2) is 4.79 Å². The fourth-order valence-corrected chi connectivity index (χ4v) is 3.69. The number of carbonyl (C=O) groups excluding carboxylic acids is 1. The molecule has 0 amide bonds. The summed E-state index contributed by atoms with van der Waals surface area (Å²) >= 11 is 0. The molecule has 2 fully saturated rings. The van der Waals surface area contributed by atoms with E-state index < -0.39 is 0 Å². The summed E-state index contributed by atoms with van der Waals surface area (Å²) in [4.78, 5) is 11.8. The first-order chi connectivity index (χ1) is 8.24. The fraction of sp³-hybridized carbons (Fsp3) is 0.800. The molecule has 0 spiro atoms. The molecule has 0 aromatic carbocycles. The predicted octanol–water partition coefficient (Wildman–Crippen LogP) is 3.86. The number of esters is 1. The Balaban J connectivity index is 2.24. The summed E-state index contributed by atoms with van der Waals surface area (Å²) < 4.78 is 4.92. The van der Waals surface area contributed by atoms with Crippen LogP contribution in [0.1, 0.15) is 58.3 Å². The second-order valence-electron chi connectivity index (χ2n) is 5.53. The second-order valence-corrected chi connectivity index (χ2v) is 5.53. The SMILES string of the molecule is COC(=O)C(C)=C(C1CCCC1)C1CCCC1. The number of hydrogen-bond donors (Lipinski definition) is 0. The standard InChI is InChI=1S/C15H24O2/c1-11(15(16)17-2)14(12-7-3-4-8-12)13-9-5-6-10-13/h12-13H,3-10H2,1-2H3. The van der Waals surface area contributed by atoms with Gasteiger partial charge in [0.15, 0.2) is 0 Å². The number of rotatable bonds is 3. The molecule has 0 unspecified atom stereocenters. The van der Waals surface area contributed by atoms with Crippen molar-refractivity contribution in [2.45, 2.75) is 58.3 Å². The maximum Gasteiger partial charge on any atom is 0.333 e. The highest BCUT2D eigenvalue weighted by molar-refractivity contribution is 5.88. The van der Waals surface area contributed by atoms with Crippen molar-refractivity contribution in [1.82, 2.24) is 0 Å². The summed E-state index contributed by atoms with van der Waals surface area (Å²) in [5.74, 6) is 1.22. The molecule has 96 valence electrons. The third-order valence-electron chi connectivity index (χ3n) is 4.51. The van der Waals surface area contributed by atoms with E-state index in [0.29, 0.717) is 11.8 Å². The van der Waals surface area contributed by atoms with Crippen molar-refractivity contribution in [3.8, 4) is 0 Å². The van der Waals surface area contributed by atoms with Crippen LogP contribution in [-0.2, 0) is 9.53 Å². The molecule has 17 heavy (non-hydrogen) atoms. The van der Waals surface area contributed by atoms with E-state index in [1.807, 2.05) is 6.92 Å². The Hall–Kier alpha value is -0.790. The van der Waals surface area contributed by atoms with Crippen molar-refractivity contribution in [2.75, 3.05) is 7.11 Å². The highest BCUT2D eigenvalue weighted by Crippen LogP contribution is 2.42. The van der Waals surface area contributed by atoms with Crippen LogP contribution in [0.2, 0.25) is 0 Å². The highest BCUT2D eigenvalue weighted by Gasteiger charge is 2.30. The molecule has 2 rings (SSSR count). The lowest BCUT2D eigenvalue weighted by Gasteiger charge is -2.23. The lowest BCUT2D eigenvalue weighted by Crippen LogP contribution is -2.15. The number of methoxy groups -OCH3 is 1. The zero-order valence-electron chi connectivity index (χ0n) is 11.1. The van der Waals surface area contributed by atoms with E-state index in [0.717, 1.165) is 5.57 Å². The van der Waals surface area contributed by atoms with Crippen molar-refractivity contribution < 1.29 is 9.53 Å². The van der Waals surface area contributed by atoms with Crippen LogP contribution in [-0.4, -0.2) is 13.1 Å². The van der Waals surface area contributed by atoms with Crippen molar-refractivity contribution in [1.29, 1.82) is 0 Å². The van der Waals surface area contributed by atoms with E-state index in [-0.39, 0.29) is 5.97 Å². The molecule has 2 aliphatic carbocycles. The van der Waals surface area contributed by atoms with Crippen molar-refractivity contribution >= 4 is 5.97 Å². The average molecular weight is 236 g/mol. The minimum Gasteiger partial charge on any atom is -0.466 e. The van der Waals surface area contributed by atoms with Gasteiger partial charge in [-0.15, -0.1) is 0 Å². The minimum atomic E-state index is -0.112. The molecular formula is C15H24O2. The molecule has 2 nitrogen and oxygen atoms in total. The van der Waals surface area contributed by atoms with E-state index in [1.54, 1.807) is 0 Å². The molecule has 0 aliphatic heterocycles. The van der Waals surface area contributed by atoms with Crippen LogP contribution in [0.15, 0.2) is 11.1 Å². The van der Waals surface area contributed by atoms with Gasteiger partial charge < -0.3 is 4.74 Å². The van der Waals surface area contributed by atoms with Gasteiger partial charge in [0, 0.05) is 5.57 Å². The second kappa shape index (κ2) is 5.70. The molecular weight excluding hydrogens is 212 g/mol. The molecule has 0 atom stereocenters. The first-order valence-electron chi connectivity index (χ1n) is 7.03. The van der Waals surface area contributed by atoms with Gasteiger partial charge in [-0.2, -0.15) is 0 Å². The van der Waals surface area contributed by atoms with Crippen molar-refractivity contribution in [2.24, 2.45) is 11.8 Å². The number of ether oxygens (including phenoxy) is 1. The first kappa shape index (κ1) is 12.7. The molecule has 2 saturated carbocycles. The van der Waals surface area contributed by atoms with Gasteiger partial charge in [0.1, 0.15) is 0 Å². The van der Waals surface area contributed by atoms with Crippen LogP contribution in [0, 0.1) is 11.8 Å². The summed E-state index contributed by atoms with van der Waals surface area (Å²) in [6.07, 6.45) is 10.4. The Bertz CT molecular complexity index is 287. The zero-order valence-corrected chi connectivity index (χ0v) is 11.1. The monoisotopic (exact) mass is 236 g/mol. The lowest BCUT2D eigenvalue weighted by atomic mass is 9.82. The number of allylic oxidation sites excluding steroid dienone is 1. The molecule has 0 bridgehead atoms. The first-order valence-corrected chi connectivity index (χ1v) is 7.03. The Kier molecular flexibility index (Phi) is 4.25. The van der Waals surface area contributed by atoms with E-state index in [2.05, 4.69) is 0 Å². The maximum atomic E-state index is 11.8. The molecule has 0 aromatic heterocycles. The summed E-state index contributed by atoms with van der Waals surface area (Å²) in [5, 5.41) is 0. The van der Waals surface area contributed by atoms with E-state index in [9.17, 15) is 4.79 Å². The predicted molar refractivity (Wildman–Crippen MR) is 68.6 cm³/mol. The molecule has 0 radical (unpaired) electrons. The van der Waals surface area contributed by atoms with Crippen LogP contribution < -0.4 is 0 Å². The normalized spacial score (nSPS) is 21.8. The summed E-state index contributed by atoms with van der Waals surface area (Å²) in [6, 6.07) is 0. The largest absolute Gasteiger partial charge is 0.466 e. The summed E-state index contributed by atoms with van der Waals surface area (Å²) in [7, 11) is 1.49. The van der Waals surface area contributed by atoms with Crippen LogP contribution in [0.4, 0.5) is 0 Å². The van der Waals surface area contributed by atoms with E-state index in [4.69, 9.17) is 4.74 Å². The molecule has 2 heteroatoms. The van der Waals surface area contributed by atoms with Crippen molar-refractivity contribution in [3.63, 3.8) is 0 Å². The topological polar surface area (TPSA) is 26.3 Å². The number of hydrogen-bond acceptors (Lipinski definition) is 2. The van der Waals surface area contributed by atoms with Crippen LogP contribution in [0.3, 0.4) is 0 Å². The van der Waals surface area contributed by atoms with Gasteiger partial charge in [0.05, 0.1) is 7.11 Å². The minimum absolute atomic E-state index is 0.112. The Morgan fingerprint density at radius 1 is 0.941 bits per heavy atom. The van der Waals surface area contributed by atoms with E-state index >= 15 is 0 Å². The average Bonchev–Trinajstić information content (AvgIpc) is 3.01. The maximum absolute atomic E-state index is 11.8. The van der Waals surface area contributed by atoms with Gasteiger partial charge in [0.25, 0.3) is 0 Å². The third kappa shape index (κ3) is 2.72. The third-order valence-corrected chi connectivity index (χ3v) is 4.51. The molecule has 2 aliphatic rings. The van der Waals surface area contributed by atoms with Gasteiger partial charge in [-0.3, -0.25) is 0 Å². The number of carbonyl (C=O) groups is 1. The molecule has 0 N–H and O–H groups in total. The van der Waals surface area contributed by atoms with Crippen LogP contribution in [0.5, 0.6) is 0 Å². The summed E-state index contributed by atoms with van der Waals surface area (Å²) in [5.41, 5.74) is 2.36. The van der Waals surface area contributed by atoms with Gasteiger partial charge in [-0.05, 0) is 44.4 Å².